The van der Waals surface area contributed by atoms with Crippen LogP contribution in [-0.4, -0.2) is 16.6 Å². The molecule has 3 heterocycles. The first-order chi connectivity index (χ1) is 9.63. The Bertz CT molecular complexity index is 643. The lowest BCUT2D eigenvalue weighted by Crippen LogP contribution is -2.12. The Balaban J connectivity index is 1.80. The minimum absolute atomic E-state index is 0.0882. The molecule has 104 valence electrons. The molecule has 0 spiro atoms. The van der Waals surface area contributed by atoms with Crippen molar-refractivity contribution in [3.05, 3.63) is 39.2 Å². The monoisotopic (exact) mass is 305 g/mol. The van der Waals surface area contributed by atoms with Gasteiger partial charge in [0, 0.05) is 10.6 Å². The van der Waals surface area contributed by atoms with E-state index in [4.69, 9.17) is 5.73 Å². The van der Waals surface area contributed by atoms with Crippen molar-refractivity contribution in [2.45, 2.75) is 19.1 Å². The molecule has 4 nitrogen and oxygen atoms in total. The molecule has 0 unspecified atom stereocenters. The summed E-state index contributed by atoms with van der Waals surface area (Å²) in [4.78, 5) is 18.6. The van der Waals surface area contributed by atoms with Crippen molar-refractivity contribution in [3.63, 3.8) is 0 Å². The van der Waals surface area contributed by atoms with Crippen LogP contribution in [0.5, 0.6) is 0 Å². The standard InChI is InChI=1S/C14H15N3OS2/c1-8-4-10(15)6-16-13(8)17-14(18)12-5-9-7-19-3-2-11(9)20-12/h4-6H,2-3,7,15H2,1H3,(H,16,17,18). The third kappa shape index (κ3) is 2.66. The number of thioether (sulfide) groups is 1. The molecule has 6 heteroatoms. The maximum atomic E-state index is 12.3. The summed E-state index contributed by atoms with van der Waals surface area (Å²) in [6, 6.07) is 3.81. The molecular formula is C14H15N3OS2. The van der Waals surface area contributed by atoms with Crippen molar-refractivity contribution in [2.75, 3.05) is 16.8 Å². The first kappa shape index (κ1) is 13.5. The third-order valence-electron chi connectivity index (χ3n) is 3.18. The lowest BCUT2D eigenvalue weighted by atomic mass is 10.2. The highest BCUT2D eigenvalue weighted by Gasteiger charge is 2.18. The molecule has 0 bridgehead atoms. The second kappa shape index (κ2) is 5.46. The number of amides is 1. The molecule has 0 saturated heterocycles. The number of nitrogen functional groups attached to an aromatic ring is 1. The van der Waals surface area contributed by atoms with Gasteiger partial charge in [0.05, 0.1) is 16.8 Å². The van der Waals surface area contributed by atoms with E-state index >= 15 is 0 Å². The van der Waals surface area contributed by atoms with Gasteiger partial charge in [-0.25, -0.2) is 4.98 Å². The zero-order valence-electron chi connectivity index (χ0n) is 11.1. The molecule has 2 aromatic rings. The fourth-order valence-electron chi connectivity index (χ4n) is 2.16. The smallest absolute Gasteiger partial charge is 0.266 e. The molecule has 0 radical (unpaired) electrons. The summed E-state index contributed by atoms with van der Waals surface area (Å²) in [5, 5.41) is 2.86. The van der Waals surface area contributed by atoms with Crippen LogP contribution in [-0.2, 0) is 12.2 Å². The number of fused-ring (bicyclic) bond motifs is 1. The quantitative estimate of drug-likeness (QED) is 0.894. The van der Waals surface area contributed by atoms with Crippen molar-refractivity contribution >= 4 is 40.5 Å². The van der Waals surface area contributed by atoms with Gasteiger partial charge in [-0.1, -0.05) is 0 Å². The van der Waals surface area contributed by atoms with Gasteiger partial charge in [0.15, 0.2) is 0 Å². The summed E-state index contributed by atoms with van der Waals surface area (Å²) in [7, 11) is 0. The normalized spacial score (nSPS) is 13.8. The van der Waals surface area contributed by atoms with E-state index in [1.165, 1.54) is 10.4 Å². The third-order valence-corrected chi connectivity index (χ3v) is 5.43. The lowest BCUT2D eigenvalue weighted by molar-refractivity contribution is 0.103. The maximum Gasteiger partial charge on any atom is 0.266 e. The van der Waals surface area contributed by atoms with Gasteiger partial charge in [-0.3, -0.25) is 4.79 Å². The van der Waals surface area contributed by atoms with Crippen LogP contribution in [0, 0.1) is 6.92 Å². The minimum atomic E-state index is -0.0882. The number of carbonyl (C=O) groups is 1. The Morgan fingerprint density at radius 3 is 3.05 bits per heavy atom. The second-order valence-corrected chi connectivity index (χ2v) is 6.99. The number of pyridine rings is 1. The highest BCUT2D eigenvalue weighted by molar-refractivity contribution is 7.98. The molecule has 20 heavy (non-hydrogen) atoms. The minimum Gasteiger partial charge on any atom is -0.397 e. The zero-order valence-corrected chi connectivity index (χ0v) is 12.7. The van der Waals surface area contributed by atoms with Crippen molar-refractivity contribution in [3.8, 4) is 0 Å². The SMILES string of the molecule is Cc1cc(N)cnc1NC(=O)c1cc2c(s1)CCSC2. The Labute approximate surface area is 125 Å². The van der Waals surface area contributed by atoms with Crippen molar-refractivity contribution < 1.29 is 4.79 Å². The van der Waals surface area contributed by atoms with Crippen LogP contribution in [0.4, 0.5) is 11.5 Å². The van der Waals surface area contributed by atoms with Crippen molar-refractivity contribution in [1.29, 1.82) is 0 Å². The summed E-state index contributed by atoms with van der Waals surface area (Å²) in [5.74, 6) is 2.64. The van der Waals surface area contributed by atoms with E-state index in [1.807, 2.05) is 24.8 Å². The van der Waals surface area contributed by atoms with Crippen LogP contribution in [0.3, 0.4) is 0 Å². The van der Waals surface area contributed by atoms with Crippen LogP contribution in [0.25, 0.3) is 0 Å². The number of aryl methyl sites for hydroxylation is 2. The maximum absolute atomic E-state index is 12.3. The number of rotatable bonds is 2. The lowest BCUT2D eigenvalue weighted by Gasteiger charge is -2.08. The molecular weight excluding hydrogens is 290 g/mol. The first-order valence-corrected chi connectivity index (χ1v) is 8.33. The number of nitrogens with zero attached hydrogens (tertiary/aromatic N) is 1. The number of hydrogen-bond acceptors (Lipinski definition) is 5. The number of hydrogen-bond donors (Lipinski definition) is 2. The van der Waals surface area contributed by atoms with E-state index in [0.717, 1.165) is 28.4 Å². The molecule has 3 N–H and O–H groups in total. The summed E-state index contributed by atoms with van der Waals surface area (Å²) < 4.78 is 0. The van der Waals surface area contributed by atoms with E-state index in [9.17, 15) is 4.79 Å². The van der Waals surface area contributed by atoms with Gasteiger partial charge in [0.1, 0.15) is 5.82 Å². The van der Waals surface area contributed by atoms with E-state index in [2.05, 4.69) is 10.3 Å². The van der Waals surface area contributed by atoms with Gasteiger partial charge in [-0.15, -0.1) is 11.3 Å². The summed E-state index contributed by atoms with van der Waals surface area (Å²) in [6.45, 7) is 1.88. The zero-order chi connectivity index (χ0) is 14.1. The van der Waals surface area contributed by atoms with Crippen LogP contribution in [0.2, 0.25) is 0 Å². The number of carbonyl (C=O) groups excluding carboxylic acids is 1. The Hall–Kier alpha value is -1.53. The number of aromatic nitrogens is 1. The average Bonchev–Trinajstić information content (AvgIpc) is 2.86. The van der Waals surface area contributed by atoms with Gasteiger partial charge >= 0.3 is 0 Å². The van der Waals surface area contributed by atoms with Crippen molar-refractivity contribution in [1.82, 2.24) is 4.98 Å². The summed E-state index contributed by atoms with van der Waals surface area (Å²) in [5.41, 5.74) is 8.44. The molecule has 1 aliphatic rings. The fourth-order valence-corrected chi connectivity index (χ4v) is 4.42. The highest BCUT2D eigenvalue weighted by atomic mass is 32.2. The highest BCUT2D eigenvalue weighted by Crippen LogP contribution is 2.32. The van der Waals surface area contributed by atoms with Gasteiger partial charge in [0.25, 0.3) is 5.91 Å². The van der Waals surface area contributed by atoms with Crippen LogP contribution < -0.4 is 11.1 Å². The summed E-state index contributed by atoms with van der Waals surface area (Å²) >= 11 is 3.51. The first-order valence-electron chi connectivity index (χ1n) is 6.36. The molecule has 0 aromatic carbocycles. The molecule has 3 rings (SSSR count). The van der Waals surface area contributed by atoms with Crippen LogP contribution >= 0.6 is 23.1 Å². The van der Waals surface area contributed by atoms with E-state index in [-0.39, 0.29) is 5.91 Å². The average molecular weight is 305 g/mol. The fraction of sp³-hybridized carbons (Fsp3) is 0.286. The largest absolute Gasteiger partial charge is 0.397 e. The second-order valence-electron chi connectivity index (χ2n) is 4.75. The summed E-state index contributed by atoms with van der Waals surface area (Å²) in [6.07, 6.45) is 2.62. The molecule has 0 fully saturated rings. The van der Waals surface area contributed by atoms with Crippen LogP contribution in [0.1, 0.15) is 25.7 Å². The Kier molecular flexibility index (Phi) is 3.67. The van der Waals surface area contributed by atoms with Crippen LogP contribution in [0.15, 0.2) is 18.3 Å². The topological polar surface area (TPSA) is 68.0 Å². The van der Waals surface area contributed by atoms with E-state index < -0.39 is 0 Å². The Morgan fingerprint density at radius 1 is 1.45 bits per heavy atom. The van der Waals surface area contributed by atoms with Gasteiger partial charge in [-0.05, 0) is 42.4 Å². The van der Waals surface area contributed by atoms with Gasteiger partial charge in [0.2, 0.25) is 0 Å². The predicted octanol–water partition coefficient (Wildman–Crippen LogP) is 3.08. The van der Waals surface area contributed by atoms with E-state index in [0.29, 0.717) is 11.5 Å². The molecule has 2 aromatic heterocycles. The number of anilines is 2. The molecule has 0 atom stereocenters. The number of nitrogens with two attached hydrogens (primary N) is 1. The predicted molar refractivity (Wildman–Crippen MR) is 85.5 cm³/mol. The Morgan fingerprint density at radius 2 is 2.30 bits per heavy atom. The number of nitrogens with one attached hydrogen (secondary N) is 1. The van der Waals surface area contributed by atoms with Gasteiger partial charge in [-0.2, -0.15) is 11.8 Å². The molecule has 0 aliphatic carbocycles. The van der Waals surface area contributed by atoms with E-state index in [1.54, 1.807) is 23.6 Å². The van der Waals surface area contributed by atoms with Crippen molar-refractivity contribution in [2.24, 2.45) is 0 Å². The molecule has 1 amide bonds. The molecule has 0 saturated carbocycles. The number of thiophene rings is 1. The molecule has 1 aliphatic heterocycles. The van der Waals surface area contributed by atoms with Gasteiger partial charge < -0.3 is 11.1 Å².